The molecule has 0 spiro atoms. The van der Waals surface area contributed by atoms with Gasteiger partial charge in [0.05, 0.1) is 5.69 Å². The molecule has 0 aliphatic rings. The molecule has 6 nitrogen and oxygen atoms in total. The van der Waals surface area contributed by atoms with E-state index in [1.807, 2.05) is 84.0 Å². The van der Waals surface area contributed by atoms with Gasteiger partial charge in [-0.1, -0.05) is 52.5 Å². The van der Waals surface area contributed by atoms with E-state index in [0.29, 0.717) is 5.69 Å². The molecule has 0 aliphatic heterocycles. The van der Waals surface area contributed by atoms with Crippen LogP contribution in [0.5, 0.6) is 0 Å². The molecule has 1 aromatic heterocycles. The van der Waals surface area contributed by atoms with Crippen LogP contribution in [-0.4, -0.2) is 26.9 Å². The Morgan fingerprint density at radius 2 is 1.65 bits per heavy atom. The van der Waals surface area contributed by atoms with E-state index in [1.165, 1.54) is 0 Å². The van der Waals surface area contributed by atoms with Crippen molar-refractivity contribution in [3.05, 3.63) is 75.8 Å². The summed E-state index contributed by atoms with van der Waals surface area (Å²) in [5.74, 6) is -0.615. The van der Waals surface area contributed by atoms with Gasteiger partial charge >= 0.3 is 0 Å². The molecule has 162 valence electrons. The topological polar surface area (TPSA) is 75.2 Å². The monoisotopic (exact) mass is 436 g/mol. The first-order chi connectivity index (χ1) is 14.6. The lowest BCUT2D eigenvalue weighted by Gasteiger charge is -2.35. The standard InChI is InChI=1S/C24H28N4O2S/c1-15-12-16(2)20(17(3)13-15)28(23(30)19-14-31-27-26-19)21(18-10-8-7-9-11-18)22(29)25-24(4,5)6/h7-14,21H,1-6H3,(H,25,29)/t21-/m1/s1. The van der Waals surface area contributed by atoms with Crippen molar-refractivity contribution in [2.45, 2.75) is 53.1 Å². The number of nitrogens with zero attached hydrogens (tertiary/aromatic N) is 3. The summed E-state index contributed by atoms with van der Waals surface area (Å²) >= 11 is 1.11. The summed E-state index contributed by atoms with van der Waals surface area (Å²) < 4.78 is 3.86. The molecule has 0 saturated carbocycles. The van der Waals surface area contributed by atoms with Crippen LogP contribution in [-0.2, 0) is 4.79 Å². The number of aryl methyl sites for hydroxylation is 3. The minimum atomic E-state index is -0.866. The lowest BCUT2D eigenvalue weighted by atomic mass is 9.97. The second kappa shape index (κ2) is 8.98. The molecule has 0 bridgehead atoms. The van der Waals surface area contributed by atoms with Crippen LogP contribution in [0.4, 0.5) is 5.69 Å². The third kappa shape index (κ3) is 5.17. The van der Waals surface area contributed by atoms with Gasteiger partial charge in [-0.2, -0.15) is 0 Å². The predicted octanol–water partition coefficient (Wildman–Crippen LogP) is 4.77. The zero-order chi connectivity index (χ0) is 22.8. The molecule has 3 aromatic rings. The number of aromatic nitrogens is 2. The molecule has 3 rings (SSSR count). The molecule has 0 saturated heterocycles. The van der Waals surface area contributed by atoms with Gasteiger partial charge in [-0.15, -0.1) is 5.10 Å². The van der Waals surface area contributed by atoms with E-state index in [4.69, 9.17) is 0 Å². The minimum absolute atomic E-state index is 0.217. The summed E-state index contributed by atoms with van der Waals surface area (Å²) in [6.07, 6.45) is 0. The van der Waals surface area contributed by atoms with Crippen molar-refractivity contribution in [2.24, 2.45) is 0 Å². The van der Waals surface area contributed by atoms with Crippen LogP contribution < -0.4 is 10.2 Å². The molecule has 7 heteroatoms. The Morgan fingerprint density at radius 1 is 1.03 bits per heavy atom. The normalized spacial score (nSPS) is 12.3. The van der Waals surface area contributed by atoms with Crippen molar-refractivity contribution in [3.8, 4) is 0 Å². The minimum Gasteiger partial charge on any atom is -0.349 e. The maximum Gasteiger partial charge on any atom is 0.280 e. The highest BCUT2D eigenvalue weighted by atomic mass is 32.1. The van der Waals surface area contributed by atoms with Crippen LogP contribution in [0.25, 0.3) is 0 Å². The van der Waals surface area contributed by atoms with E-state index in [-0.39, 0.29) is 17.5 Å². The Morgan fingerprint density at radius 3 is 2.16 bits per heavy atom. The van der Waals surface area contributed by atoms with Gasteiger partial charge in [0, 0.05) is 10.9 Å². The van der Waals surface area contributed by atoms with Gasteiger partial charge in [-0.05, 0) is 69.8 Å². The summed E-state index contributed by atoms with van der Waals surface area (Å²) in [5, 5.41) is 8.66. The molecule has 0 radical (unpaired) electrons. The van der Waals surface area contributed by atoms with Crippen molar-refractivity contribution >= 4 is 29.0 Å². The molecule has 31 heavy (non-hydrogen) atoms. The second-order valence-electron chi connectivity index (χ2n) is 8.77. The molecule has 2 amide bonds. The van der Waals surface area contributed by atoms with Crippen molar-refractivity contribution in [2.75, 3.05) is 4.90 Å². The highest BCUT2D eigenvalue weighted by Gasteiger charge is 2.37. The zero-order valence-corrected chi connectivity index (χ0v) is 19.6. The summed E-state index contributed by atoms with van der Waals surface area (Å²) in [5.41, 5.74) is 4.11. The first kappa shape index (κ1) is 22.6. The number of rotatable bonds is 5. The number of hydrogen-bond acceptors (Lipinski definition) is 5. The second-order valence-corrected chi connectivity index (χ2v) is 9.37. The van der Waals surface area contributed by atoms with Gasteiger partial charge < -0.3 is 5.32 Å². The fraction of sp³-hybridized carbons (Fsp3) is 0.333. The highest BCUT2D eigenvalue weighted by molar-refractivity contribution is 7.03. The smallest absolute Gasteiger partial charge is 0.280 e. The lowest BCUT2D eigenvalue weighted by molar-refractivity contribution is -0.123. The maximum atomic E-state index is 13.7. The van der Waals surface area contributed by atoms with Crippen LogP contribution >= 0.6 is 11.5 Å². The molecular formula is C24H28N4O2S. The molecular weight excluding hydrogens is 408 g/mol. The van der Waals surface area contributed by atoms with Crippen LogP contribution in [0.2, 0.25) is 0 Å². The highest BCUT2D eigenvalue weighted by Crippen LogP contribution is 2.35. The van der Waals surface area contributed by atoms with Crippen molar-refractivity contribution in [1.82, 2.24) is 14.9 Å². The quantitative estimate of drug-likeness (QED) is 0.625. The number of benzene rings is 2. The summed E-state index contributed by atoms with van der Waals surface area (Å²) in [4.78, 5) is 28.9. The van der Waals surface area contributed by atoms with E-state index >= 15 is 0 Å². The van der Waals surface area contributed by atoms with Crippen molar-refractivity contribution in [1.29, 1.82) is 0 Å². The molecule has 1 atom stereocenters. The molecule has 0 aliphatic carbocycles. The van der Waals surface area contributed by atoms with E-state index in [0.717, 1.165) is 33.8 Å². The van der Waals surface area contributed by atoms with Gasteiger partial charge in [0.15, 0.2) is 5.69 Å². The van der Waals surface area contributed by atoms with Gasteiger partial charge in [0.2, 0.25) is 5.91 Å². The Bertz CT molecular complexity index is 1050. The average Bonchev–Trinajstić information content (AvgIpc) is 3.20. The van der Waals surface area contributed by atoms with Crippen molar-refractivity contribution in [3.63, 3.8) is 0 Å². The molecule has 1 heterocycles. The Hall–Kier alpha value is -3.06. The number of nitrogens with one attached hydrogen (secondary N) is 1. The molecule has 1 N–H and O–H groups in total. The van der Waals surface area contributed by atoms with Crippen LogP contribution in [0, 0.1) is 20.8 Å². The number of amides is 2. The van der Waals surface area contributed by atoms with Crippen LogP contribution in [0.15, 0.2) is 47.8 Å². The number of hydrogen-bond donors (Lipinski definition) is 1. The first-order valence-corrected chi connectivity index (χ1v) is 11.0. The van der Waals surface area contributed by atoms with Crippen LogP contribution in [0.3, 0.4) is 0 Å². The predicted molar refractivity (Wildman–Crippen MR) is 124 cm³/mol. The van der Waals surface area contributed by atoms with Gasteiger partial charge in [-0.3, -0.25) is 14.5 Å². The van der Waals surface area contributed by atoms with E-state index in [2.05, 4.69) is 14.9 Å². The summed E-state index contributed by atoms with van der Waals surface area (Å²) in [7, 11) is 0. The number of anilines is 1. The number of carbonyl (C=O) groups is 2. The lowest BCUT2D eigenvalue weighted by Crippen LogP contribution is -2.50. The van der Waals surface area contributed by atoms with Gasteiger partial charge in [-0.25, -0.2) is 0 Å². The summed E-state index contributed by atoms with van der Waals surface area (Å²) in [6, 6.07) is 12.5. The third-order valence-electron chi connectivity index (χ3n) is 4.79. The average molecular weight is 437 g/mol. The maximum absolute atomic E-state index is 13.7. The third-order valence-corrected chi connectivity index (χ3v) is 5.30. The fourth-order valence-electron chi connectivity index (χ4n) is 3.77. The Labute approximate surface area is 187 Å². The Balaban J connectivity index is 2.26. The number of carbonyl (C=O) groups excluding carboxylic acids is 2. The Kier molecular flexibility index (Phi) is 6.55. The molecule has 0 fully saturated rings. The van der Waals surface area contributed by atoms with Gasteiger partial charge in [0.25, 0.3) is 5.91 Å². The zero-order valence-electron chi connectivity index (χ0n) is 18.8. The van der Waals surface area contributed by atoms with Crippen molar-refractivity contribution < 1.29 is 9.59 Å². The fourth-order valence-corrected chi connectivity index (χ4v) is 4.20. The largest absolute Gasteiger partial charge is 0.349 e. The van der Waals surface area contributed by atoms with E-state index < -0.39 is 11.6 Å². The van der Waals surface area contributed by atoms with Crippen LogP contribution in [0.1, 0.15) is 59.6 Å². The SMILES string of the molecule is Cc1cc(C)c(N(C(=O)c2csnn2)[C@@H](C(=O)NC(C)(C)C)c2ccccc2)c(C)c1. The first-order valence-electron chi connectivity index (χ1n) is 10.1. The van der Waals surface area contributed by atoms with E-state index in [9.17, 15) is 9.59 Å². The van der Waals surface area contributed by atoms with E-state index in [1.54, 1.807) is 10.3 Å². The molecule has 0 unspecified atom stereocenters. The summed E-state index contributed by atoms with van der Waals surface area (Å²) in [6.45, 7) is 11.7. The molecule has 2 aromatic carbocycles. The van der Waals surface area contributed by atoms with Gasteiger partial charge in [0.1, 0.15) is 6.04 Å².